The zero-order valence-corrected chi connectivity index (χ0v) is 18.7. The van der Waals surface area contributed by atoms with Gasteiger partial charge in [-0.3, -0.25) is 5.10 Å². The molecule has 2 aromatic carbocycles. The Morgan fingerprint density at radius 1 is 1.15 bits per heavy atom. The Bertz CT molecular complexity index is 1490. The lowest BCUT2D eigenvalue weighted by Gasteiger charge is -2.30. The Kier molecular flexibility index (Phi) is 4.92. The van der Waals surface area contributed by atoms with E-state index in [0.29, 0.717) is 24.8 Å². The lowest BCUT2D eigenvalue weighted by Crippen LogP contribution is -2.36. The molecule has 1 saturated heterocycles. The van der Waals surface area contributed by atoms with Crippen LogP contribution in [0.15, 0.2) is 55.0 Å². The van der Waals surface area contributed by atoms with E-state index in [-0.39, 0.29) is 0 Å². The van der Waals surface area contributed by atoms with Gasteiger partial charge in [0, 0.05) is 54.4 Å². The van der Waals surface area contributed by atoms with Crippen LogP contribution in [0.5, 0.6) is 5.75 Å². The maximum absolute atomic E-state index is 6.01. The zero-order valence-electron chi connectivity index (χ0n) is 18.7. The minimum atomic E-state index is 0.464. The van der Waals surface area contributed by atoms with E-state index in [1.54, 1.807) is 13.3 Å². The second-order valence-electron chi connectivity index (χ2n) is 8.11. The fourth-order valence-electron chi connectivity index (χ4n) is 4.31. The van der Waals surface area contributed by atoms with Gasteiger partial charge < -0.3 is 29.8 Å². The summed E-state index contributed by atoms with van der Waals surface area (Å²) in [6, 6.07) is 12.0. The lowest BCUT2D eigenvalue weighted by atomic mass is 10.1. The third-order valence-corrected chi connectivity index (χ3v) is 6.06. The molecule has 4 heterocycles. The number of hydrogen-bond donors (Lipinski definition) is 3. The van der Waals surface area contributed by atoms with Crippen molar-refractivity contribution in [2.24, 2.45) is 0 Å². The van der Waals surface area contributed by atoms with Crippen LogP contribution in [0.1, 0.15) is 0 Å². The van der Waals surface area contributed by atoms with Gasteiger partial charge in [-0.15, -0.1) is 0 Å². The fourth-order valence-corrected chi connectivity index (χ4v) is 4.31. The highest BCUT2D eigenvalue weighted by Gasteiger charge is 2.17. The van der Waals surface area contributed by atoms with Crippen LogP contribution in [0.2, 0.25) is 0 Å². The van der Waals surface area contributed by atoms with Gasteiger partial charge in [-0.2, -0.15) is 5.10 Å². The first kappa shape index (κ1) is 20.3. The van der Waals surface area contributed by atoms with E-state index in [1.165, 1.54) is 0 Å². The van der Waals surface area contributed by atoms with Gasteiger partial charge in [0.15, 0.2) is 17.3 Å². The molecule has 0 spiro atoms. The summed E-state index contributed by atoms with van der Waals surface area (Å²) >= 11 is 0. The van der Waals surface area contributed by atoms with Crippen molar-refractivity contribution in [3.63, 3.8) is 0 Å². The van der Waals surface area contributed by atoms with E-state index in [2.05, 4.69) is 31.5 Å². The molecule has 6 rings (SSSR count). The molecule has 0 radical (unpaired) electrons. The minimum Gasteiger partial charge on any atom is -0.495 e. The predicted octanol–water partition coefficient (Wildman–Crippen LogP) is 3.44. The zero-order chi connectivity index (χ0) is 23.1. The summed E-state index contributed by atoms with van der Waals surface area (Å²) in [5, 5.41) is 11.3. The Hall–Kier alpha value is -4.31. The van der Waals surface area contributed by atoms with E-state index in [9.17, 15) is 0 Å². The number of hydrogen-bond acceptors (Lipinski definition) is 8. The van der Waals surface area contributed by atoms with Gasteiger partial charge in [0.1, 0.15) is 5.75 Å². The third-order valence-electron chi connectivity index (χ3n) is 6.06. The van der Waals surface area contributed by atoms with Crippen LogP contribution >= 0.6 is 0 Å². The maximum atomic E-state index is 6.01. The summed E-state index contributed by atoms with van der Waals surface area (Å²) in [4.78, 5) is 11.7. The monoisotopic (exact) mass is 456 g/mol. The smallest absolute Gasteiger partial charge is 0.180 e. The lowest BCUT2D eigenvalue weighted by molar-refractivity contribution is 0.122. The summed E-state index contributed by atoms with van der Waals surface area (Å²) in [7, 11) is 1.69. The van der Waals surface area contributed by atoms with Crippen LogP contribution in [0.3, 0.4) is 0 Å². The topological polar surface area (TPSA) is 119 Å². The average Bonchev–Trinajstić information content (AvgIpc) is 3.51. The van der Waals surface area contributed by atoms with Crippen LogP contribution in [-0.4, -0.2) is 58.0 Å². The number of fused-ring (bicyclic) bond motifs is 2. The van der Waals surface area contributed by atoms with Gasteiger partial charge in [0.25, 0.3) is 0 Å². The van der Waals surface area contributed by atoms with Crippen molar-refractivity contribution in [2.45, 2.75) is 0 Å². The van der Waals surface area contributed by atoms with E-state index < -0.39 is 0 Å². The highest BCUT2D eigenvalue weighted by atomic mass is 16.5. The van der Waals surface area contributed by atoms with Gasteiger partial charge in [0.05, 0.1) is 37.2 Å². The quantitative estimate of drug-likeness (QED) is 0.368. The molecular weight excluding hydrogens is 432 g/mol. The second kappa shape index (κ2) is 8.23. The fraction of sp³-hybridized carbons (Fsp3) is 0.208. The first-order valence-corrected chi connectivity index (χ1v) is 11.0. The van der Waals surface area contributed by atoms with Crippen molar-refractivity contribution in [2.75, 3.05) is 49.4 Å². The highest BCUT2D eigenvalue weighted by molar-refractivity contribution is 5.92. The minimum absolute atomic E-state index is 0.464. The summed E-state index contributed by atoms with van der Waals surface area (Å²) in [5.41, 5.74) is 11.2. The van der Waals surface area contributed by atoms with Gasteiger partial charge in [-0.25, -0.2) is 9.97 Å². The molecule has 10 heteroatoms. The van der Waals surface area contributed by atoms with Gasteiger partial charge in [-0.1, -0.05) is 6.07 Å². The standard InChI is InChI=1S/C24H24N8O2/c1-33-21-13-16(3-5-20(21)31-8-10-34-11-9-31)27-23-24-26-6-7-32(24)14-19(28-23)15-2-4-18-17(12-15)22(25)30-29-18/h2-7,12-14H,8-11H2,1H3,(H,27,28)(H3,25,29,30). The first-order chi connectivity index (χ1) is 16.7. The first-order valence-electron chi connectivity index (χ1n) is 11.0. The molecule has 0 saturated carbocycles. The largest absolute Gasteiger partial charge is 0.495 e. The number of anilines is 4. The van der Waals surface area contributed by atoms with Crippen molar-refractivity contribution < 1.29 is 9.47 Å². The Balaban J connectivity index is 1.38. The molecular formula is C24H24N8O2. The van der Waals surface area contributed by atoms with Gasteiger partial charge >= 0.3 is 0 Å². The third kappa shape index (κ3) is 3.54. The van der Waals surface area contributed by atoms with Gasteiger partial charge in [-0.05, 0) is 24.3 Å². The number of ether oxygens (including phenoxy) is 2. The Labute approximate surface area is 195 Å². The van der Waals surface area contributed by atoms with Crippen LogP contribution < -0.4 is 20.7 Å². The molecule has 10 nitrogen and oxygen atoms in total. The number of methoxy groups -OCH3 is 1. The molecule has 0 amide bonds. The molecule has 1 fully saturated rings. The molecule has 0 atom stereocenters. The van der Waals surface area contributed by atoms with Crippen molar-refractivity contribution in [1.29, 1.82) is 0 Å². The van der Waals surface area contributed by atoms with Crippen LogP contribution in [0.4, 0.5) is 23.0 Å². The molecule has 0 aliphatic carbocycles. The number of H-pyrrole nitrogens is 1. The van der Waals surface area contributed by atoms with Crippen molar-refractivity contribution in [1.82, 2.24) is 24.6 Å². The molecule has 34 heavy (non-hydrogen) atoms. The molecule has 1 aliphatic rings. The highest BCUT2D eigenvalue weighted by Crippen LogP contribution is 2.34. The number of nitrogens with two attached hydrogens (primary N) is 1. The number of aromatic nitrogens is 5. The summed E-state index contributed by atoms with van der Waals surface area (Å²) < 4.78 is 13.1. The predicted molar refractivity (Wildman–Crippen MR) is 132 cm³/mol. The number of imidazole rings is 1. The summed E-state index contributed by atoms with van der Waals surface area (Å²) in [6.45, 7) is 3.11. The van der Waals surface area contributed by atoms with Crippen LogP contribution in [0.25, 0.3) is 27.8 Å². The van der Waals surface area contributed by atoms with Crippen LogP contribution in [-0.2, 0) is 4.74 Å². The maximum Gasteiger partial charge on any atom is 0.180 e. The molecule has 172 valence electrons. The SMILES string of the molecule is COc1cc(Nc2nc(-c3ccc4[nH]nc(N)c4c3)cn3ccnc23)ccc1N1CCOCC1. The normalized spacial score (nSPS) is 14.1. The van der Waals surface area contributed by atoms with Crippen molar-refractivity contribution in [3.8, 4) is 17.0 Å². The average molecular weight is 457 g/mol. The molecule has 1 aliphatic heterocycles. The van der Waals surface area contributed by atoms with E-state index in [1.807, 2.05) is 47.1 Å². The number of morpholine rings is 1. The van der Waals surface area contributed by atoms with Crippen LogP contribution in [0, 0.1) is 0 Å². The molecule has 0 unspecified atom stereocenters. The Morgan fingerprint density at radius 3 is 2.88 bits per heavy atom. The van der Waals surface area contributed by atoms with E-state index in [0.717, 1.165) is 58.0 Å². The summed E-state index contributed by atoms with van der Waals surface area (Å²) in [5.74, 6) is 1.90. The van der Waals surface area contributed by atoms with Gasteiger partial charge in [0.2, 0.25) is 0 Å². The van der Waals surface area contributed by atoms with Crippen molar-refractivity contribution in [3.05, 3.63) is 55.0 Å². The Morgan fingerprint density at radius 2 is 2.03 bits per heavy atom. The van der Waals surface area contributed by atoms with E-state index >= 15 is 0 Å². The second-order valence-corrected chi connectivity index (χ2v) is 8.11. The number of rotatable bonds is 5. The molecule has 3 aromatic heterocycles. The summed E-state index contributed by atoms with van der Waals surface area (Å²) in [6.07, 6.45) is 5.61. The number of nitrogens with one attached hydrogen (secondary N) is 2. The molecule has 4 N–H and O–H groups in total. The van der Waals surface area contributed by atoms with E-state index in [4.69, 9.17) is 20.2 Å². The number of benzene rings is 2. The molecule has 5 aromatic rings. The van der Waals surface area contributed by atoms with Crippen molar-refractivity contribution >= 4 is 39.6 Å². The number of nitrogen functional groups attached to an aromatic ring is 1. The number of aromatic amines is 1. The number of nitrogens with zero attached hydrogens (tertiary/aromatic N) is 5. The molecule has 0 bridgehead atoms.